The maximum Gasteiger partial charge on any atom is 0.322 e. The molecular weight excluding hydrogens is 437 g/mol. The summed E-state index contributed by atoms with van der Waals surface area (Å²) >= 11 is 0. The number of amides is 1. The van der Waals surface area contributed by atoms with Gasteiger partial charge in [0.1, 0.15) is 17.7 Å². The highest BCUT2D eigenvalue weighted by atomic mass is 19.1. The number of nitrogens with one attached hydrogen (secondary N) is 2. The minimum Gasteiger partial charge on any atom is -0.480 e. The Morgan fingerprint density at radius 1 is 1.18 bits per heavy atom. The Hall–Kier alpha value is -4.29. The van der Waals surface area contributed by atoms with Crippen LogP contribution in [0.1, 0.15) is 28.4 Å². The van der Waals surface area contributed by atoms with E-state index >= 15 is 0 Å². The average Bonchev–Trinajstić information content (AvgIpc) is 2.83. The first-order valence-corrected chi connectivity index (χ1v) is 10.6. The summed E-state index contributed by atoms with van der Waals surface area (Å²) in [7, 11) is 0. The minimum atomic E-state index is -1.27. The number of hydrogen-bond donors (Lipinski definition) is 4. The fourth-order valence-electron chi connectivity index (χ4n) is 3.34. The van der Waals surface area contributed by atoms with Gasteiger partial charge in [0.25, 0.3) is 5.91 Å². The van der Waals surface area contributed by atoms with E-state index < -0.39 is 24.0 Å². The predicted octanol–water partition coefficient (Wildman–Crippen LogP) is 2.94. The summed E-state index contributed by atoms with van der Waals surface area (Å²) in [6.45, 7) is 1.85. The molecule has 2 atom stereocenters. The van der Waals surface area contributed by atoms with E-state index in [2.05, 4.69) is 21.7 Å². The number of nitrogens with two attached hydrogens (primary N) is 1. The number of aromatic nitrogens is 1. The lowest BCUT2D eigenvalue weighted by Gasteiger charge is -2.19. The summed E-state index contributed by atoms with van der Waals surface area (Å²) < 4.78 is 13.5. The Bertz CT molecular complexity index is 1240. The number of carboxylic acid groups (broad SMARTS) is 1. The first-order chi connectivity index (χ1) is 16.3. The number of anilines is 1. The topological polar surface area (TPSA) is 141 Å². The second-order valence-corrected chi connectivity index (χ2v) is 7.68. The summed E-state index contributed by atoms with van der Waals surface area (Å²) in [6.07, 6.45) is 0.472. The standard InChI is InChI=1S/C25H24FN5O3/c1-15(22(28)25(33)34)30-24(32)20-9-10-21(19-8-3-2-6-17(19)14-27)31-23(20)29-12-11-16-5-4-7-18(26)13-16/h2-10,13,15,22H,11-12,28H2,1H3,(H,29,31)(H,30,32)(H,33,34)/t15?,22-/m0/s1. The molecule has 9 heteroatoms. The van der Waals surface area contributed by atoms with Crippen LogP contribution >= 0.6 is 0 Å². The Morgan fingerprint density at radius 3 is 2.65 bits per heavy atom. The first-order valence-electron chi connectivity index (χ1n) is 10.6. The summed E-state index contributed by atoms with van der Waals surface area (Å²) in [5.41, 5.74) is 8.07. The fourth-order valence-corrected chi connectivity index (χ4v) is 3.34. The molecule has 0 aliphatic carbocycles. The molecule has 2 aromatic carbocycles. The second-order valence-electron chi connectivity index (χ2n) is 7.68. The fraction of sp³-hybridized carbons (Fsp3) is 0.200. The first kappa shape index (κ1) is 24.4. The van der Waals surface area contributed by atoms with E-state index in [4.69, 9.17) is 10.8 Å². The van der Waals surface area contributed by atoms with Crippen molar-refractivity contribution in [3.05, 3.63) is 83.2 Å². The summed E-state index contributed by atoms with van der Waals surface area (Å²) in [4.78, 5) is 28.6. The van der Waals surface area contributed by atoms with Crippen molar-refractivity contribution in [1.29, 1.82) is 5.26 Å². The van der Waals surface area contributed by atoms with E-state index in [1.165, 1.54) is 19.1 Å². The largest absolute Gasteiger partial charge is 0.480 e. The second kappa shape index (κ2) is 11.0. The Kier molecular flexibility index (Phi) is 7.90. The summed E-state index contributed by atoms with van der Waals surface area (Å²) in [6, 6.07) is 16.3. The SMILES string of the molecule is CC(NC(=O)c1ccc(-c2ccccc2C#N)nc1NCCc1cccc(F)c1)[C@H](N)C(=O)O. The molecule has 1 amide bonds. The molecule has 1 unspecified atom stereocenters. The maximum atomic E-state index is 13.5. The van der Waals surface area contributed by atoms with Crippen LogP contribution in [0, 0.1) is 17.1 Å². The Morgan fingerprint density at radius 2 is 1.94 bits per heavy atom. The van der Waals surface area contributed by atoms with Crippen molar-refractivity contribution in [2.45, 2.75) is 25.4 Å². The van der Waals surface area contributed by atoms with Crippen LogP contribution in [-0.2, 0) is 11.2 Å². The zero-order valence-electron chi connectivity index (χ0n) is 18.5. The highest BCUT2D eigenvalue weighted by Gasteiger charge is 2.24. The highest BCUT2D eigenvalue weighted by Crippen LogP contribution is 2.25. The number of benzene rings is 2. The van der Waals surface area contributed by atoms with Gasteiger partial charge in [-0.1, -0.05) is 30.3 Å². The molecule has 0 saturated carbocycles. The molecule has 174 valence electrons. The van der Waals surface area contributed by atoms with Gasteiger partial charge in [-0.05, 0) is 49.2 Å². The lowest BCUT2D eigenvalue weighted by atomic mass is 10.0. The van der Waals surface area contributed by atoms with Crippen molar-refractivity contribution in [3.8, 4) is 17.3 Å². The van der Waals surface area contributed by atoms with Crippen molar-refractivity contribution in [3.63, 3.8) is 0 Å². The lowest BCUT2D eigenvalue weighted by molar-refractivity contribution is -0.139. The van der Waals surface area contributed by atoms with Crippen LogP contribution in [0.25, 0.3) is 11.3 Å². The predicted molar refractivity (Wildman–Crippen MR) is 126 cm³/mol. The number of hydrogen-bond acceptors (Lipinski definition) is 6. The smallest absolute Gasteiger partial charge is 0.322 e. The molecule has 1 heterocycles. The van der Waals surface area contributed by atoms with Crippen LogP contribution in [0.5, 0.6) is 0 Å². The molecule has 34 heavy (non-hydrogen) atoms. The average molecular weight is 461 g/mol. The van der Waals surface area contributed by atoms with E-state index in [1.54, 1.807) is 48.5 Å². The van der Waals surface area contributed by atoms with Gasteiger partial charge in [0, 0.05) is 12.1 Å². The van der Waals surface area contributed by atoms with Gasteiger partial charge in [-0.2, -0.15) is 5.26 Å². The number of carbonyl (C=O) groups excluding carboxylic acids is 1. The molecule has 3 rings (SSSR count). The number of nitrogens with zero attached hydrogens (tertiary/aromatic N) is 2. The number of nitriles is 1. The van der Waals surface area contributed by atoms with Crippen LogP contribution in [0.2, 0.25) is 0 Å². The zero-order valence-corrected chi connectivity index (χ0v) is 18.5. The molecule has 1 aromatic heterocycles. The van der Waals surface area contributed by atoms with Crippen molar-refractivity contribution >= 4 is 17.7 Å². The molecule has 0 spiro atoms. The molecule has 0 fully saturated rings. The number of aliphatic carboxylic acids is 1. The van der Waals surface area contributed by atoms with Crippen LogP contribution in [0.4, 0.5) is 10.2 Å². The third-order valence-corrected chi connectivity index (χ3v) is 5.24. The highest BCUT2D eigenvalue weighted by molar-refractivity contribution is 5.99. The van der Waals surface area contributed by atoms with E-state index in [0.29, 0.717) is 29.8 Å². The Labute approximate surface area is 196 Å². The van der Waals surface area contributed by atoms with E-state index in [9.17, 15) is 19.2 Å². The van der Waals surface area contributed by atoms with Crippen molar-refractivity contribution in [2.24, 2.45) is 5.73 Å². The van der Waals surface area contributed by atoms with Crippen LogP contribution in [-0.4, -0.2) is 40.6 Å². The molecule has 0 aliphatic rings. The van der Waals surface area contributed by atoms with Crippen LogP contribution < -0.4 is 16.4 Å². The summed E-state index contributed by atoms with van der Waals surface area (Å²) in [5, 5.41) is 24.2. The normalized spacial score (nSPS) is 12.3. The minimum absolute atomic E-state index is 0.182. The van der Waals surface area contributed by atoms with Gasteiger partial charge in [-0.3, -0.25) is 9.59 Å². The van der Waals surface area contributed by atoms with E-state index in [1.807, 2.05) is 0 Å². The molecule has 0 saturated heterocycles. The molecular formula is C25H24FN5O3. The third-order valence-electron chi connectivity index (χ3n) is 5.24. The molecule has 8 nitrogen and oxygen atoms in total. The van der Waals surface area contributed by atoms with Crippen molar-refractivity contribution in [1.82, 2.24) is 10.3 Å². The number of pyridine rings is 1. The van der Waals surface area contributed by atoms with Gasteiger partial charge in [0.15, 0.2) is 0 Å². The van der Waals surface area contributed by atoms with Crippen LogP contribution in [0.3, 0.4) is 0 Å². The number of halogens is 1. The van der Waals surface area contributed by atoms with Gasteiger partial charge in [0.05, 0.1) is 28.9 Å². The quantitative estimate of drug-likeness (QED) is 0.384. The Balaban J connectivity index is 1.90. The summed E-state index contributed by atoms with van der Waals surface area (Å²) in [5.74, 6) is -1.88. The van der Waals surface area contributed by atoms with Crippen molar-refractivity contribution in [2.75, 3.05) is 11.9 Å². The number of carboxylic acids is 1. The monoisotopic (exact) mass is 461 g/mol. The van der Waals surface area contributed by atoms with E-state index in [-0.39, 0.29) is 17.2 Å². The number of rotatable bonds is 9. The number of carbonyl (C=O) groups is 2. The molecule has 0 aliphatic heterocycles. The molecule has 5 N–H and O–H groups in total. The van der Waals surface area contributed by atoms with E-state index in [0.717, 1.165) is 5.56 Å². The maximum absolute atomic E-state index is 13.5. The zero-order chi connectivity index (χ0) is 24.7. The van der Waals surface area contributed by atoms with Gasteiger partial charge in [0.2, 0.25) is 0 Å². The van der Waals surface area contributed by atoms with Gasteiger partial charge in [-0.25, -0.2) is 9.37 Å². The van der Waals surface area contributed by atoms with Crippen molar-refractivity contribution < 1.29 is 19.1 Å². The van der Waals surface area contributed by atoms with Crippen LogP contribution in [0.15, 0.2) is 60.7 Å². The van der Waals surface area contributed by atoms with Gasteiger partial charge in [-0.15, -0.1) is 0 Å². The van der Waals surface area contributed by atoms with Gasteiger partial charge >= 0.3 is 5.97 Å². The molecule has 3 aromatic rings. The molecule has 0 radical (unpaired) electrons. The third kappa shape index (κ3) is 5.94. The molecule has 0 bridgehead atoms. The van der Waals surface area contributed by atoms with Gasteiger partial charge < -0.3 is 21.5 Å². The lowest BCUT2D eigenvalue weighted by Crippen LogP contribution is -2.50.